The van der Waals surface area contributed by atoms with Crippen LogP contribution in [0.25, 0.3) is 121 Å². The minimum Gasteiger partial charge on any atom is -0.309 e. The Morgan fingerprint density at radius 3 is 1.55 bits per heavy atom. The smallest absolute Gasteiger partial charge is 0.166 e. The Hall–Kier alpha value is -8.41. The SMILES string of the molecule is c1ccc(-c2nc(-c3ccccc3-n3c4cc5ccccc5cc4c4c(-n5c6ccccc6c6ccccc65)cccc43)nc(-c3cc4ccccc4c4ccccc34)n2)cc1. The van der Waals surface area contributed by atoms with E-state index in [4.69, 9.17) is 15.0 Å². The molecule has 0 N–H and O–H groups in total. The number of para-hydroxylation sites is 3. The zero-order valence-electron chi connectivity index (χ0n) is 33.4. The predicted molar refractivity (Wildman–Crippen MR) is 257 cm³/mol. The normalized spacial score (nSPS) is 11.9. The summed E-state index contributed by atoms with van der Waals surface area (Å²) >= 11 is 0. The molecule has 3 heterocycles. The highest BCUT2D eigenvalue weighted by Crippen LogP contribution is 2.43. The van der Waals surface area contributed by atoms with Crippen LogP contribution in [-0.2, 0) is 0 Å². The van der Waals surface area contributed by atoms with Gasteiger partial charge in [-0.05, 0) is 86.9 Å². The fraction of sp³-hybridized carbons (Fsp3) is 0. The summed E-state index contributed by atoms with van der Waals surface area (Å²) in [6, 6.07) is 75.7. The molecule has 0 fully saturated rings. The third-order valence-electron chi connectivity index (χ3n) is 12.5. The molecule has 288 valence electrons. The van der Waals surface area contributed by atoms with Crippen molar-refractivity contribution in [2.45, 2.75) is 0 Å². The minimum atomic E-state index is 0.607. The first-order valence-corrected chi connectivity index (χ1v) is 21.0. The summed E-state index contributed by atoms with van der Waals surface area (Å²) in [5.74, 6) is 1.86. The van der Waals surface area contributed by atoms with Crippen LogP contribution in [0.2, 0.25) is 0 Å². The number of aromatic nitrogens is 5. The van der Waals surface area contributed by atoms with Crippen molar-refractivity contribution in [3.8, 4) is 45.5 Å². The van der Waals surface area contributed by atoms with Gasteiger partial charge < -0.3 is 9.13 Å². The van der Waals surface area contributed by atoms with Crippen molar-refractivity contribution in [2.75, 3.05) is 0 Å². The molecular formula is C57H35N5. The monoisotopic (exact) mass is 789 g/mol. The van der Waals surface area contributed by atoms with Gasteiger partial charge in [-0.15, -0.1) is 0 Å². The van der Waals surface area contributed by atoms with Crippen molar-refractivity contribution < 1.29 is 0 Å². The maximum atomic E-state index is 5.42. The Morgan fingerprint density at radius 2 is 0.790 bits per heavy atom. The van der Waals surface area contributed by atoms with E-state index < -0.39 is 0 Å². The molecule has 0 atom stereocenters. The summed E-state index contributed by atoms with van der Waals surface area (Å²) in [5.41, 5.74) is 9.49. The standard InChI is InChI=1S/C57H35N5/c1-2-17-36(18-3-1)55-58-56(60-57(59-55)46-34-39-21-6-7-22-40(39)41-23-8-9-24-42(41)46)45-27-12-15-30-50(45)62-52-32-16-31-51(54(52)47-33-37-19-4-5-20-38(37)35-53(47)62)61-48-28-13-10-25-43(48)44-26-11-14-29-49(44)61/h1-35H. The van der Waals surface area contributed by atoms with Gasteiger partial charge in [-0.1, -0.05) is 158 Å². The molecular weight excluding hydrogens is 755 g/mol. The lowest BCUT2D eigenvalue weighted by atomic mass is 9.97. The average Bonchev–Trinajstić information content (AvgIpc) is 3.85. The zero-order chi connectivity index (χ0) is 40.7. The Bertz CT molecular complexity index is 3880. The molecule has 0 aliphatic rings. The van der Waals surface area contributed by atoms with Gasteiger partial charge in [0, 0.05) is 38.2 Å². The van der Waals surface area contributed by atoms with Crippen molar-refractivity contribution >= 4 is 75.9 Å². The van der Waals surface area contributed by atoms with E-state index in [9.17, 15) is 0 Å². The van der Waals surface area contributed by atoms with Crippen LogP contribution in [0, 0.1) is 0 Å². The number of hydrogen-bond acceptors (Lipinski definition) is 3. The molecule has 13 aromatic rings. The van der Waals surface area contributed by atoms with Crippen LogP contribution in [0.4, 0.5) is 0 Å². The Labute approximate surface area is 356 Å². The fourth-order valence-corrected chi connectivity index (χ4v) is 9.79. The Morgan fingerprint density at radius 1 is 0.274 bits per heavy atom. The summed E-state index contributed by atoms with van der Waals surface area (Å²) in [7, 11) is 0. The lowest BCUT2D eigenvalue weighted by molar-refractivity contribution is 1.07. The van der Waals surface area contributed by atoms with Crippen LogP contribution in [0.15, 0.2) is 212 Å². The van der Waals surface area contributed by atoms with Gasteiger partial charge >= 0.3 is 0 Å². The van der Waals surface area contributed by atoms with Gasteiger partial charge in [0.25, 0.3) is 0 Å². The molecule has 5 nitrogen and oxygen atoms in total. The predicted octanol–water partition coefficient (Wildman–Crippen LogP) is 14.5. The molecule has 0 unspecified atom stereocenters. The second-order valence-electron chi connectivity index (χ2n) is 16.0. The van der Waals surface area contributed by atoms with Gasteiger partial charge in [0.05, 0.1) is 33.4 Å². The third kappa shape index (κ3) is 5.18. The maximum Gasteiger partial charge on any atom is 0.166 e. The average molecular weight is 790 g/mol. The third-order valence-corrected chi connectivity index (χ3v) is 12.5. The van der Waals surface area contributed by atoms with Crippen LogP contribution in [-0.4, -0.2) is 24.1 Å². The number of rotatable bonds is 5. The van der Waals surface area contributed by atoms with Crippen LogP contribution < -0.4 is 0 Å². The zero-order valence-corrected chi connectivity index (χ0v) is 33.4. The van der Waals surface area contributed by atoms with Crippen molar-refractivity contribution in [2.24, 2.45) is 0 Å². The molecule has 0 radical (unpaired) electrons. The fourth-order valence-electron chi connectivity index (χ4n) is 9.79. The second kappa shape index (κ2) is 13.6. The molecule has 62 heavy (non-hydrogen) atoms. The Balaban J connectivity index is 1.12. The van der Waals surface area contributed by atoms with E-state index in [0.29, 0.717) is 17.5 Å². The number of nitrogens with zero attached hydrogens (tertiary/aromatic N) is 5. The maximum absolute atomic E-state index is 5.42. The largest absolute Gasteiger partial charge is 0.309 e. The van der Waals surface area contributed by atoms with E-state index in [2.05, 4.69) is 203 Å². The summed E-state index contributed by atoms with van der Waals surface area (Å²) in [6.45, 7) is 0. The van der Waals surface area contributed by atoms with E-state index in [1.54, 1.807) is 0 Å². The highest BCUT2D eigenvalue weighted by Gasteiger charge is 2.23. The van der Waals surface area contributed by atoms with Gasteiger partial charge in [0.15, 0.2) is 17.5 Å². The minimum absolute atomic E-state index is 0.607. The first-order chi connectivity index (χ1) is 30.8. The van der Waals surface area contributed by atoms with Gasteiger partial charge in [0.2, 0.25) is 0 Å². The molecule has 10 aromatic carbocycles. The van der Waals surface area contributed by atoms with E-state index in [0.717, 1.165) is 49.9 Å². The van der Waals surface area contributed by atoms with Gasteiger partial charge in [-0.2, -0.15) is 0 Å². The van der Waals surface area contributed by atoms with Crippen molar-refractivity contribution in [1.82, 2.24) is 24.1 Å². The van der Waals surface area contributed by atoms with E-state index in [1.165, 1.54) is 54.1 Å². The highest BCUT2D eigenvalue weighted by molar-refractivity contribution is 6.19. The first kappa shape index (κ1) is 34.5. The molecule has 0 aliphatic carbocycles. The Kier molecular flexibility index (Phi) is 7.54. The lowest BCUT2D eigenvalue weighted by Gasteiger charge is -2.16. The number of fused-ring (bicyclic) bond motifs is 10. The lowest BCUT2D eigenvalue weighted by Crippen LogP contribution is -2.04. The van der Waals surface area contributed by atoms with Gasteiger partial charge in [0.1, 0.15) is 0 Å². The van der Waals surface area contributed by atoms with Gasteiger partial charge in [-0.25, -0.2) is 15.0 Å². The molecule has 3 aromatic heterocycles. The quantitative estimate of drug-likeness (QED) is 0.163. The molecule has 0 saturated carbocycles. The van der Waals surface area contributed by atoms with Crippen LogP contribution in [0.3, 0.4) is 0 Å². The van der Waals surface area contributed by atoms with E-state index >= 15 is 0 Å². The molecule has 0 amide bonds. The highest BCUT2D eigenvalue weighted by atomic mass is 15.1. The molecule has 0 aliphatic heterocycles. The first-order valence-electron chi connectivity index (χ1n) is 21.0. The molecule has 5 heteroatoms. The number of hydrogen-bond donors (Lipinski definition) is 0. The summed E-state index contributed by atoms with van der Waals surface area (Å²) in [5, 5.41) is 11.8. The van der Waals surface area contributed by atoms with Crippen LogP contribution in [0.1, 0.15) is 0 Å². The van der Waals surface area contributed by atoms with E-state index in [-0.39, 0.29) is 0 Å². The molecule has 0 saturated heterocycles. The second-order valence-corrected chi connectivity index (χ2v) is 16.0. The topological polar surface area (TPSA) is 48.5 Å². The van der Waals surface area contributed by atoms with Crippen LogP contribution >= 0.6 is 0 Å². The van der Waals surface area contributed by atoms with Crippen molar-refractivity contribution in [3.05, 3.63) is 212 Å². The summed E-state index contributed by atoms with van der Waals surface area (Å²) < 4.78 is 4.86. The van der Waals surface area contributed by atoms with Crippen LogP contribution in [0.5, 0.6) is 0 Å². The van der Waals surface area contributed by atoms with Crippen molar-refractivity contribution in [3.63, 3.8) is 0 Å². The summed E-state index contributed by atoms with van der Waals surface area (Å²) in [4.78, 5) is 16.0. The van der Waals surface area contributed by atoms with Gasteiger partial charge in [-0.3, -0.25) is 0 Å². The molecule has 13 rings (SSSR count). The van der Waals surface area contributed by atoms with Crippen molar-refractivity contribution in [1.29, 1.82) is 0 Å². The summed E-state index contributed by atoms with van der Waals surface area (Å²) in [6.07, 6.45) is 0. The van der Waals surface area contributed by atoms with E-state index in [1.807, 2.05) is 18.2 Å². The molecule has 0 spiro atoms. The molecule has 0 bridgehead atoms. The number of benzene rings is 10.